The minimum Gasteiger partial charge on any atom is -0.493 e. The Bertz CT molecular complexity index is 444. The average Bonchev–Trinajstić information content (AvgIpc) is 2.53. The highest BCUT2D eigenvalue weighted by atomic mass is 16.5. The third-order valence-electron chi connectivity index (χ3n) is 4.18. The molecule has 0 radical (unpaired) electrons. The first-order valence-electron chi connectivity index (χ1n) is 7.47. The van der Waals surface area contributed by atoms with Gasteiger partial charge in [-0.05, 0) is 18.2 Å². The monoisotopic (exact) mass is 296 g/mol. The number of quaternary nitrogens is 1. The number of aliphatic hydroxyl groups is 1. The van der Waals surface area contributed by atoms with Gasteiger partial charge in [0.05, 0.1) is 34.0 Å². The second-order valence-electron chi connectivity index (χ2n) is 5.55. The molecule has 5 heteroatoms. The van der Waals surface area contributed by atoms with Crippen LogP contribution in [0.3, 0.4) is 0 Å². The Kier molecular flexibility index (Phi) is 5.85. The van der Waals surface area contributed by atoms with Crippen molar-refractivity contribution in [2.45, 2.75) is 13.0 Å². The summed E-state index contributed by atoms with van der Waals surface area (Å²) >= 11 is 0. The lowest BCUT2D eigenvalue weighted by atomic mass is 10.1. The summed E-state index contributed by atoms with van der Waals surface area (Å²) in [7, 11) is 3.31. The Balaban J connectivity index is 2.15. The van der Waals surface area contributed by atoms with E-state index in [2.05, 4.69) is 6.07 Å². The molecule has 0 spiro atoms. The van der Waals surface area contributed by atoms with E-state index in [4.69, 9.17) is 19.3 Å². The molecule has 0 amide bonds. The molecule has 21 heavy (non-hydrogen) atoms. The van der Waals surface area contributed by atoms with Crippen molar-refractivity contribution in [1.82, 2.24) is 0 Å². The van der Waals surface area contributed by atoms with Gasteiger partial charge in [-0.25, -0.2) is 0 Å². The molecule has 1 fully saturated rings. The maximum Gasteiger partial charge on any atom is 0.161 e. The second kappa shape index (κ2) is 7.64. The van der Waals surface area contributed by atoms with E-state index < -0.39 is 0 Å². The molecular weight excluding hydrogens is 270 g/mol. The molecule has 1 N–H and O–H groups in total. The zero-order valence-corrected chi connectivity index (χ0v) is 13.0. The topological polar surface area (TPSA) is 47.9 Å². The number of ether oxygens (including phenoxy) is 3. The minimum atomic E-state index is 0.243. The van der Waals surface area contributed by atoms with E-state index in [0.717, 1.165) is 61.8 Å². The van der Waals surface area contributed by atoms with Crippen LogP contribution in [0.25, 0.3) is 0 Å². The lowest BCUT2D eigenvalue weighted by molar-refractivity contribution is -0.947. The summed E-state index contributed by atoms with van der Waals surface area (Å²) in [6.07, 6.45) is 0.827. The zero-order valence-electron chi connectivity index (χ0n) is 13.0. The van der Waals surface area contributed by atoms with Crippen LogP contribution >= 0.6 is 0 Å². The summed E-state index contributed by atoms with van der Waals surface area (Å²) in [5.41, 5.74) is 1.23. The molecular formula is C16H26NO4+. The Morgan fingerprint density at radius 2 is 1.86 bits per heavy atom. The van der Waals surface area contributed by atoms with Gasteiger partial charge in [0.15, 0.2) is 11.5 Å². The summed E-state index contributed by atoms with van der Waals surface area (Å²) in [4.78, 5) is 0. The second-order valence-corrected chi connectivity index (χ2v) is 5.55. The van der Waals surface area contributed by atoms with Crippen molar-refractivity contribution in [3.63, 3.8) is 0 Å². The van der Waals surface area contributed by atoms with Gasteiger partial charge in [0.1, 0.15) is 19.6 Å². The van der Waals surface area contributed by atoms with E-state index in [1.807, 2.05) is 12.1 Å². The SMILES string of the molecule is COc1ccc(C[N+]2(CCCO)CCOCC2)cc1OC. The highest BCUT2D eigenvalue weighted by Crippen LogP contribution is 2.29. The normalized spacial score (nSPS) is 17.5. The van der Waals surface area contributed by atoms with Crippen molar-refractivity contribution >= 4 is 0 Å². The lowest BCUT2D eigenvalue weighted by Gasteiger charge is -2.41. The van der Waals surface area contributed by atoms with Gasteiger partial charge in [0.2, 0.25) is 0 Å². The molecule has 0 atom stereocenters. The molecule has 0 aromatic heterocycles. The Morgan fingerprint density at radius 1 is 1.14 bits per heavy atom. The van der Waals surface area contributed by atoms with Crippen LogP contribution in [-0.4, -0.2) is 63.3 Å². The van der Waals surface area contributed by atoms with E-state index in [0.29, 0.717) is 0 Å². The number of methoxy groups -OCH3 is 2. The van der Waals surface area contributed by atoms with Gasteiger partial charge in [-0.15, -0.1) is 0 Å². The van der Waals surface area contributed by atoms with Crippen LogP contribution in [0.15, 0.2) is 18.2 Å². The van der Waals surface area contributed by atoms with Crippen molar-refractivity contribution in [3.8, 4) is 11.5 Å². The van der Waals surface area contributed by atoms with Crippen molar-refractivity contribution in [2.24, 2.45) is 0 Å². The number of morpholine rings is 1. The van der Waals surface area contributed by atoms with Crippen molar-refractivity contribution in [2.75, 3.05) is 53.7 Å². The Hall–Kier alpha value is -1.30. The molecule has 2 rings (SSSR count). The fourth-order valence-electron chi connectivity index (χ4n) is 2.96. The third kappa shape index (κ3) is 4.09. The fraction of sp³-hybridized carbons (Fsp3) is 0.625. The van der Waals surface area contributed by atoms with Crippen molar-refractivity contribution in [3.05, 3.63) is 23.8 Å². The number of hydrogen-bond acceptors (Lipinski definition) is 4. The van der Waals surface area contributed by atoms with Gasteiger partial charge in [-0.2, -0.15) is 0 Å². The van der Waals surface area contributed by atoms with Gasteiger partial charge in [0.25, 0.3) is 0 Å². The highest BCUT2D eigenvalue weighted by Gasteiger charge is 2.30. The van der Waals surface area contributed by atoms with E-state index in [-0.39, 0.29) is 6.61 Å². The van der Waals surface area contributed by atoms with Crippen LogP contribution in [0, 0.1) is 0 Å². The standard InChI is InChI=1S/C16H26NO4/c1-19-15-5-4-14(12-16(15)20-2)13-17(6-3-9-18)7-10-21-11-8-17/h4-5,12,18H,3,6-11,13H2,1-2H3/q+1. The molecule has 0 unspecified atom stereocenters. The number of nitrogens with zero attached hydrogens (tertiary/aromatic N) is 1. The summed E-state index contributed by atoms with van der Waals surface area (Å²) < 4.78 is 17.1. The first-order chi connectivity index (χ1) is 10.2. The summed E-state index contributed by atoms with van der Waals surface area (Å²) in [6, 6.07) is 6.10. The van der Waals surface area contributed by atoms with Crippen LogP contribution < -0.4 is 9.47 Å². The van der Waals surface area contributed by atoms with E-state index in [1.165, 1.54) is 5.56 Å². The first kappa shape index (κ1) is 16.1. The molecule has 1 heterocycles. The average molecular weight is 296 g/mol. The number of hydrogen-bond donors (Lipinski definition) is 1. The minimum absolute atomic E-state index is 0.243. The maximum absolute atomic E-state index is 9.15. The van der Waals surface area contributed by atoms with Crippen LogP contribution in [-0.2, 0) is 11.3 Å². The summed E-state index contributed by atoms with van der Waals surface area (Å²) in [5.74, 6) is 1.52. The molecule has 1 aromatic carbocycles. The van der Waals surface area contributed by atoms with E-state index in [1.54, 1.807) is 14.2 Å². The first-order valence-corrected chi connectivity index (χ1v) is 7.47. The number of benzene rings is 1. The molecule has 5 nitrogen and oxygen atoms in total. The van der Waals surface area contributed by atoms with Gasteiger partial charge in [-0.3, -0.25) is 0 Å². The maximum atomic E-state index is 9.15. The molecule has 1 aromatic rings. The smallest absolute Gasteiger partial charge is 0.161 e. The van der Waals surface area contributed by atoms with E-state index >= 15 is 0 Å². The Labute approximate surface area is 126 Å². The van der Waals surface area contributed by atoms with Crippen LogP contribution in [0.1, 0.15) is 12.0 Å². The number of aliphatic hydroxyl groups excluding tert-OH is 1. The molecule has 0 bridgehead atoms. The molecule has 0 saturated carbocycles. The van der Waals surface area contributed by atoms with Crippen molar-refractivity contribution in [1.29, 1.82) is 0 Å². The molecule has 1 aliphatic rings. The van der Waals surface area contributed by atoms with Crippen LogP contribution in [0.4, 0.5) is 0 Å². The van der Waals surface area contributed by atoms with Gasteiger partial charge < -0.3 is 23.8 Å². The highest BCUT2D eigenvalue weighted by molar-refractivity contribution is 5.42. The largest absolute Gasteiger partial charge is 0.493 e. The zero-order chi connectivity index (χ0) is 15.1. The van der Waals surface area contributed by atoms with Gasteiger partial charge >= 0.3 is 0 Å². The third-order valence-corrected chi connectivity index (χ3v) is 4.18. The fourth-order valence-corrected chi connectivity index (χ4v) is 2.96. The summed E-state index contributed by atoms with van der Waals surface area (Å²) in [6.45, 7) is 5.73. The molecule has 118 valence electrons. The van der Waals surface area contributed by atoms with E-state index in [9.17, 15) is 0 Å². The molecule has 0 aliphatic carbocycles. The molecule has 1 saturated heterocycles. The Morgan fingerprint density at radius 3 is 2.48 bits per heavy atom. The van der Waals surface area contributed by atoms with Gasteiger partial charge in [0, 0.05) is 18.6 Å². The van der Waals surface area contributed by atoms with Crippen LogP contribution in [0.5, 0.6) is 11.5 Å². The van der Waals surface area contributed by atoms with Crippen LogP contribution in [0.2, 0.25) is 0 Å². The molecule has 1 aliphatic heterocycles. The predicted octanol–water partition coefficient (Wildman–Crippen LogP) is 1.43. The summed E-state index contributed by atoms with van der Waals surface area (Å²) in [5, 5.41) is 9.15. The van der Waals surface area contributed by atoms with Gasteiger partial charge in [-0.1, -0.05) is 0 Å². The lowest BCUT2D eigenvalue weighted by Crippen LogP contribution is -2.55. The number of rotatable bonds is 7. The van der Waals surface area contributed by atoms with Crippen molar-refractivity contribution < 1.29 is 23.8 Å². The quantitative estimate of drug-likeness (QED) is 0.773. The predicted molar refractivity (Wildman–Crippen MR) is 80.6 cm³/mol.